The van der Waals surface area contributed by atoms with Gasteiger partial charge in [-0.1, -0.05) is 51.1 Å². The van der Waals surface area contributed by atoms with Crippen molar-refractivity contribution in [3.8, 4) is 0 Å². The summed E-state index contributed by atoms with van der Waals surface area (Å²) < 4.78 is 6.14. The highest BCUT2D eigenvalue weighted by molar-refractivity contribution is 6.74. The third kappa shape index (κ3) is 5.04. The fourth-order valence-electron chi connectivity index (χ4n) is 2.12. The highest BCUT2D eigenvalue weighted by Crippen LogP contribution is 2.37. The van der Waals surface area contributed by atoms with Gasteiger partial charge in [0.15, 0.2) is 8.32 Å². The quantitative estimate of drug-likeness (QED) is 0.760. The molecule has 2 atom stereocenters. The van der Waals surface area contributed by atoms with Gasteiger partial charge in [-0.15, -0.1) is 0 Å². The fourth-order valence-corrected chi connectivity index (χ4v) is 3.18. The standard InChI is InChI=1S/C18H30O3Si/c1-14(19)16(17(20)15-10-8-7-9-11-15)12-13-21-22(5,6)18(2,3)4/h7-11,16-17,20H,12-13H2,1-6H3/t16-,17-/m1/s1. The lowest BCUT2D eigenvalue weighted by molar-refractivity contribution is -0.125. The minimum atomic E-state index is -1.81. The molecule has 0 aromatic heterocycles. The predicted molar refractivity (Wildman–Crippen MR) is 93.3 cm³/mol. The second-order valence-corrected chi connectivity index (χ2v) is 12.3. The van der Waals surface area contributed by atoms with Crippen LogP contribution in [-0.4, -0.2) is 25.8 Å². The Hall–Kier alpha value is -0.973. The summed E-state index contributed by atoms with van der Waals surface area (Å²) in [6.07, 6.45) is -0.209. The first-order chi connectivity index (χ1) is 10.1. The van der Waals surface area contributed by atoms with Crippen LogP contribution in [0.4, 0.5) is 0 Å². The van der Waals surface area contributed by atoms with E-state index in [1.807, 2.05) is 30.3 Å². The molecule has 0 aliphatic rings. The molecular weight excluding hydrogens is 292 g/mol. The summed E-state index contributed by atoms with van der Waals surface area (Å²) in [7, 11) is -1.81. The van der Waals surface area contributed by atoms with Crippen LogP contribution in [0.25, 0.3) is 0 Å². The highest BCUT2D eigenvalue weighted by Gasteiger charge is 2.37. The minimum absolute atomic E-state index is 0.00943. The van der Waals surface area contributed by atoms with E-state index < -0.39 is 20.3 Å². The molecule has 4 heteroatoms. The van der Waals surface area contributed by atoms with E-state index in [2.05, 4.69) is 33.9 Å². The first-order valence-electron chi connectivity index (χ1n) is 7.93. The van der Waals surface area contributed by atoms with Gasteiger partial charge in [-0.05, 0) is 37.0 Å². The number of aliphatic hydroxyl groups is 1. The molecule has 0 aliphatic heterocycles. The van der Waals surface area contributed by atoms with E-state index in [9.17, 15) is 9.90 Å². The van der Waals surface area contributed by atoms with Crippen molar-refractivity contribution < 1.29 is 14.3 Å². The molecule has 0 unspecified atom stereocenters. The Morgan fingerprint density at radius 1 is 1.23 bits per heavy atom. The van der Waals surface area contributed by atoms with Gasteiger partial charge in [-0.2, -0.15) is 0 Å². The van der Waals surface area contributed by atoms with Gasteiger partial charge in [0.25, 0.3) is 0 Å². The van der Waals surface area contributed by atoms with Crippen LogP contribution < -0.4 is 0 Å². The van der Waals surface area contributed by atoms with Gasteiger partial charge in [-0.3, -0.25) is 4.79 Å². The molecule has 22 heavy (non-hydrogen) atoms. The summed E-state index contributed by atoms with van der Waals surface area (Å²) in [6, 6.07) is 9.37. The molecule has 0 saturated carbocycles. The van der Waals surface area contributed by atoms with E-state index in [0.717, 1.165) is 5.56 Å². The van der Waals surface area contributed by atoms with Crippen molar-refractivity contribution in [3.63, 3.8) is 0 Å². The van der Waals surface area contributed by atoms with Gasteiger partial charge in [0.05, 0.1) is 6.10 Å². The predicted octanol–water partition coefficient (Wildman–Crippen LogP) is 4.34. The second kappa shape index (κ2) is 7.53. The Bertz CT molecular complexity index is 477. The molecule has 0 bridgehead atoms. The number of hydrogen-bond acceptors (Lipinski definition) is 3. The first-order valence-corrected chi connectivity index (χ1v) is 10.8. The van der Waals surface area contributed by atoms with Crippen molar-refractivity contribution in [2.24, 2.45) is 5.92 Å². The van der Waals surface area contributed by atoms with Crippen molar-refractivity contribution in [3.05, 3.63) is 35.9 Å². The average molecular weight is 323 g/mol. The lowest BCUT2D eigenvalue weighted by Gasteiger charge is -2.36. The molecule has 3 nitrogen and oxygen atoms in total. The third-order valence-electron chi connectivity index (χ3n) is 4.74. The van der Waals surface area contributed by atoms with Crippen molar-refractivity contribution in [2.75, 3.05) is 6.61 Å². The summed E-state index contributed by atoms with van der Waals surface area (Å²) in [6.45, 7) is 13.0. The van der Waals surface area contributed by atoms with E-state index in [4.69, 9.17) is 4.43 Å². The first kappa shape index (κ1) is 19.1. The van der Waals surface area contributed by atoms with Crippen LogP contribution in [-0.2, 0) is 9.22 Å². The third-order valence-corrected chi connectivity index (χ3v) is 9.28. The summed E-state index contributed by atoms with van der Waals surface area (Å²) in [4.78, 5) is 11.9. The Morgan fingerprint density at radius 2 is 1.77 bits per heavy atom. The number of benzene rings is 1. The number of hydrogen-bond donors (Lipinski definition) is 1. The summed E-state index contributed by atoms with van der Waals surface area (Å²) in [5.74, 6) is -0.401. The number of carbonyl (C=O) groups excluding carboxylic acids is 1. The van der Waals surface area contributed by atoms with Crippen LogP contribution in [0.15, 0.2) is 30.3 Å². The lowest BCUT2D eigenvalue weighted by atomic mass is 9.90. The summed E-state index contributed by atoms with van der Waals surface area (Å²) >= 11 is 0. The van der Waals surface area contributed by atoms with Gasteiger partial charge in [0.2, 0.25) is 0 Å². The average Bonchev–Trinajstić information content (AvgIpc) is 2.42. The maximum atomic E-state index is 11.9. The molecule has 0 fully saturated rings. The smallest absolute Gasteiger partial charge is 0.191 e. The molecule has 1 rings (SSSR count). The SMILES string of the molecule is CC(=O)[C@@H](CCO[Si](C)(C)C(C)(C)C)[C@H](O)c1ccccc1. The van der Waals surface area contributed by atoms with Crippen LogP contribution in [0.5, 0.6) is 0 Å². The Morgan fingerprint density at radius 3 is 2.23 bits per heavy atom. The molecule has 1 aromatic carbocycles. The Balaban J connectivity index is 2.69. The van der Waals surface area contributed by atoms with Gasteiger partial charge in [0, 0.05) is 12.5 Å². The minimum Gasteiger partial charge on any atom is -0.417 e. The maximum Gasteiger partial charge on any atom is 0.191 e. The lowest BCUT2D eigenvalue weighted by Crippen LogP contribution is -2.41. The van der Waals surface area contributed by atoms with E-state index >= 15 is 0 Å². The van der Waals surface area contributed by atoms with Crippen molar-refractivity contribution >= 4 is 14.1 Å². The zero-order valence-electron chi connectivity index (χ0n) is 14.7. The van der Waals surface area contributed by atoms with Crippen molar-refractivity contribution in [1.82, 2.24) is 0 Å². The maximum absolute atomic E-state index is 11.9. The number of carbonyl (C=O) groups is 1. The number of ketones is 1. The molecule has 0 heterocycles. The molecule has 1 aromatic rings. The zero-order valence-corrected chi connectivity index (χ0v) is 15.7. The van der Waals surface area contributed by atoms with E-state index in [1.165, 1.54) is 0 Å². The fraction of sp³-hybridized carbons (Fsp3) is 0.611. The molecule has 0 saturated heterocycles. The molecule has 0 spiro atoms. The van der Waals surface area contributed by atoms with Crippen LogP contribution in [0.3, 0.4) is 0 Å². The molecule has 0 amide bonds. The normalized spacial score (nSPS) is 15.4. The van der Waals surface area contributed by atoms with Crippen molar-refractivity contribution in [2.45, 2.75) is 58.4 Å². The molecule has 0 aliphatic carbocycles. The number of rotatable bonds is 7. The molecule has 124 valence electrons. The highest BCUT2D eigenvalue weighted by atomic mass is 28.4. The van der Waals surface area contributed by atoms with E-state index in [-0.39, 0.29) is 10.8 Å². The van der Waals surface area contributed by atoms with E-state index in [0.29, 0.717) is 13.0 Å². The van der Waals surface area contributed by atoms with Crippen LogP contribution in [0.1, 0.15) is 45.8 Å². The van der Waals surface area contributed by atoms with E-state index in [1.54, 1.807) is 6.92 Å². The van der Waals surface area contributed by atoms with Gasteiger partial charge in [-0.25, -0.2) is 0 Å². The van der Waals surface area contributed by atoms with Gasteiger partial charge >= 0.3 is 0 Å². The summed E-state index contributed by atoms with van der Waals surface area (Å²) in [5.41, 5.74) is 0.787. The Labute approximate surface area is 135 Å². The van der Waals surface area contributed by atoms with Crippen molar-refractivity contribution in [1.29, 1.82) is 0 Å². The van der Waals surface area contributed by atoms with Gasteiger partial charge < -0.3 is 9.53 Å². The molecular formula is C18H30O3Si. The summed E-state index contributed by atoms with van der Waals surface area (Å²) in [5, 5.41) is 10.6. The number of Topliss-reactive ketones (excluding diaryl/α,β-unsaturated/α-hetero) is 1. The number of aliphatic hydroxyl groups excluding tert-OH is 1. The zero-order chi connectivity index (χ0) is 17.0. The molecule has 0 radical (unpaired) electrons. The van der Waals surface area contributed by atoms with Gasteiger partial charge in [0.1, 0.15) is 5.78 Å². The Kier molecular flexibility index (Phi) is 6.53. The second-order valence-electron chi connectivity index (χ2n) is 7.47. The van der Waals surface area contributed by atoms with Crippen LogP contribution in [0, 0.1) is 5.92 Å². The topological polar surface area (TPSA) is 46.5 Å². The largest absolute Gasteiger partial charge is 0.417 e. The van der Waals surface area contributed by atoms with Crippen LogP contribution in [0.2, 0.25) is 18.1 Å². The molecule has 1 N–H and O–H groups in total. The monoisotopic (exact) mass is 322 g/mol. The van der Waals surface area contributed by atoms with Crippen LogP contribution >= 0.6 is 0 Å².